The molecule has 0 aromatic rings. The van der Waals surface area contributed by atoms with Gasteiger partial charge in [0.2, 0.25) is 5.91 Å². The van der Waals surface area contributed by atoms with E-state index in [1.165, 1.54) is 38.8 Å². The van der Waals surface area contributed by atoms with Gasteiger partial charge in [-0.1, -0.05) is 0 Å². The summed E-state index contributed by atoms with van der Waals surface area (Å²) in [7, 11) is 4.28. The topological polar surface area (TPSA) is 61.6 Å². The van der Waals surface area contributed by atoms with Crippen molar-refractivity contribution < 1.29 is 4.79 Å². The van der Waals surface area contributed by atoms with Gasteiger partial charge in [-0.05, 0) is 58.8 Å². The van der Waals surface area contributed by atoms with Crippen LogP contribution in [0.25, 0.3) is 0 Å². The van der Waals surface area contributed by atoms with Crippen LogP contribution in [-0.2, 0) is 4.79 Å². The smallest absolute Gasteiger partial charge is 0.235 e. The number of hydrogen-bond acceptors (Lipinski definition) is 4. The Morgan fingerprint density at radius 3 is 2.53 bits per heavy atom. The van der Waals surface area contributed by atoms with E-state index in [0.717, 1.165) is 19.0 Å². The largest absolute Gasteiger partial charge is 0.368 e. The summed E-state index contributed by atoms with van der Waals surface area (Å²) in [6.07, 6.45) is 4.89. The van der Waals surface area contributed by atoms with Crippen molar-refractivity contribution in [2.45, 2.75) is 37.8 Å². The molecule has 0 spiro atoms. The molecule has 0 bridgehead atoms. The molecule has 1 aliphatic carbocycles. The minimum Gasteiger partial charge on any atom is -0.368 e. The summed E-state index contributed by atoms with van der Waals surface area (Å²) in [4.78, 5) is 16.1. The van der Waals surface area contributed by atoms with E-state index in [-0.39, 0.29) is 11.9 Å². The van der Waals surface area contributed by atoms with Crippen molar-refractivity contribution >= 4 is 5.91 Å². The highest BCUT2D eigenvalue weighted by atomic mass is 16.1. The zero-order valence-electron chi connectivity index (χ0n) is 12.3. The Kier molecular flexibility index (Phi) is 5.19. The molecule has 19 heavy (non-hydrogen) atoms. The van der Waals surface area contributed by atoms with Gasteiger partial charge in [0.1, 0.15) is 0 Å². The van der Waals surface area contributed by atoms with Crippen LogP contribution < -0.4 is 11.1 Å². The summed E-state index contributed by atoms with van der Waals surface area (Å²) >= 11 is 0. The monoisotopic (exact) mass is 268 g/mol. The van der Waals surface area contributed by atoms with E-state index in [4.69, 9.17) is 5.73 Å². The Balaban J connectivity index is 1.71. The van der Waals surface area contributed by atoms with Gasteiger partial charge in [-0.15, -0.1) is 0 Å². The lowest BCUT2D eigenvalue weighted by Gasteiger charge is -2.32. The quantitative estimate of drug-likeness (QED) is 0.675. The fourth-order valence-electron chi connectivity index (χ4n) is 2.83. The SMILES string of the molecule is CN1CCC(CN(C)CC(NC2CC2)C(N)=O)CC1. The lowest BCUT2D eigenvalue weighted by atomic mass is 9.96. The molecule has 1 aliphatic heterocycles. The van der Waals surface area contributed by atoms with Gasteiger partial charge in [-0.2, -0.15) is 0 Å². The number of carbonyl (C=O) groups is 1. The second-order valence-electron chi connectivity index (χ2n) is 6.36. The van der Waals surface area contributed by atoms with Gasteiger partial charge in [-0.25, -0.2) is 0 Å². The van der Waals surface area contributed by atoms with Crippen molar-refractivity contribution in [3.8, 4) is 0 Å². The molecule has 1 saturated carbocycles. The number of nitrogens with one attached hydrogen (secondary N) is 1. The number of primary amides is 1. The molecule has 110 valence electrons. The molecule has 1 unspecified atom stereocenters. The first-order chi connectivity index (χ1) is 9.04. The third-order valence-corrected chi connectivity index (χ3v) is 4.26. The lowest BCUT2D eigenvalue weighted by Crippen LogP contribution is -2.50. The van der Waals surface area contributed by atoms with Crippen molar-refractivity contribution in [3.05, 3.63) is 0 Å². The highest BCUT2D eigenvalue weighted by Crippen LogP contribution is 2.20. The van der Waals surface area contributed by atoms with E-state index in [1.54, 1.807) is 0 Å². The Morgan fingerprint density at radius 2 is 2.00 bits per heavy atom. The number of hydrogen-bond donors (Lipinski definition) is 2. The molecule has 3 N–H and O–H groups in total. The molecule has 2 rings (SSSR count). The van der Waals surface area contributed by atoms with Crippen LogP contribution in [0.4, 0.5) is 0 Å². The van der Waals surface area contributed by atoms with Gasteiger partial charge in [0, 0.05) is 19.1 Å². The summed E-state index contributed by atoms with van der Waals surface area (Å²) in [6, 6.07) is 0.331. The Morgan fingerprint density at radius 1 is 1.37 bits per heavy atom. The standard InChI is InChI=1S/C14H28N4O/c1-17-7-5-11(6-8-17)9-18(2)10-13(14(15)19)16-12-3-4-12/h11-13,16H,3-10H2,1-2H3,(H2,15,19). The second-order valence-corrected chi connectivity index (χ2v) is 6.36. The molecule has 0 aromatic carbocycles. The van der Waals surface area contributed by atoms with Crippen LogP contribution in [0.5, 0.6) is 0 Å². The predicted molar refractivity (Wildman–Crippen MR) is 76.9 cm³/mol. The van der Waals surface area contributed by atoms with Gasteiger partial charge in [0.25, 0.3) is 0 Å². The summed E-state index contributed by atoms with van der Waals surface area (Å²) < 4.78 is 0. The summed E-state index contributed by atoms with van der Waals surface area (Å²) in [5.74, 6) is 0.540. The van der Waals surface area contributed by atoms with Gasteiger partial charge < -0.3 is 20.9 Å². The Bertz CT molecular complexity index is 298. The second kappa shape index (κ2) is 6.68. The third kappa shape index (κ3) is 5.09. The maximum atomic E-state index is 11.5. The van der Waals surface area contributed by atoms with Crippen molar-refractivity contribution in [2.75, 3.05) is 40.3 Å². The number of likely N-dealkylation sites (N-methyl/N-ethyl adjacent to an activating group) is 1. The average Bonchev–Trinajstić information content (AvgIpc) is 3.15. The molecular formula is C14H28N4O. The number of amides is 1. The van der Waals surface area contributed by atoms with Gasteiger partial charge in [-0.3, -0.25) is 4.79 Å². The molecule has 2 fully saturated rings. The zero-order valence-corrected chi connectivity index (χ0v) is 12.3. The van der Waals surface area contributed by atoms with E-state index < -0.39 is 0 Å². The van der Waals surface area contributed by atoms with Crippen molar-refractivity contribution in [3.63, 3.8) is 0 Å². The number of nitrogens with two attached hydrogens (primary N) is 1. The average molecular weight is 268 g/mol. The van der Waals surface area contributed by atoms with Crippen LogP contribution >= 0.6 is 0 Å². The fourth-order valence-corrected chi connectivity index (χ4v) is 2.83. The fraction of sp³-hybridized carbons (Fsp3) is 0.929. The van der Waals surface area contributed by atoms with E-state index in [0.29, 0.717) is 6.04 Å². The molecule has 2 aliphatic rings. The van der Waals surface area contributed by atoms with E-state index in [2.05, 4.69) is 29.2 Å². The van der Waals surface area contributed by atoms with Gasteiger partial charge in [0.15, 0.2) is 0 Å². The molecule has 1 atom stereocenters. The van der Waals surface area contributed by atoms with Crippen molar-refractivity contribution in [1.29, 1.82) is 0 Å². The van der Waals surface area contributed by atoms with Crippen LogP contribution in [0.2, 0.25) is 0 Å². The number of nitrogens with zero attached hydrogens (tertiary/aromatic N) is 2. The van der Waals surface area contributed by atoms with Crippen LogP contribution in [0.1, 0.15) is 25.7 Å². The lowest BCUT2D eigenvalue weighted by molar-refractivity contribution is -0.120. The maximum Gasteiger partial charge on any atom is 0.235 e. The highest BCUT2D eigenvalue weighted by molar-refractivity contribution is 5.80. The van der Waals surface area contributed by atoms with Crippen LogP contribution in [0.15, 0.2) is 0 Å². The van der Waals surface area contributed by atoms with E-state index >= 15 is 0 Å². The first-order valence-corrected chi connectivity index (χ1v) is 7.47. The normalized spacial score (nSPS) is 23.7. The maximum absolute atomic E-state index is 11.5. The highest BCUT2D eigenvalue weighted by Gasteiger charge is 2.28. The molecule has 1 heterocycles. The number of likely N-dealkylation sites (tertiary alicyclic amines) is 1. The Hall–Kier alpha value is -0.650. The summed E-state index contributed by atoms with van der Waals surface area (Å²) in [5.41, 5.74) is 5.48. The predicted octanol–water partition coefficient (Wildman–Crippen LogP) is -0.134. The van der Waals surface area contributed by atoms with Gasteiger partial charge >= 0.3 is 0 Å². The number of carbonyl (C=O) groups excluding carboxylic acids is 1. The summed E-state index contributed by atoms with van der Waals surface area (Å²) in [6.45, 7) is 4.19. The minimum atomic E-state index is -0.220. The molecule has 1 amide bonds. The number of rotatable bonds is 7. The summed E-state index contributed by atoms with van der Waals surface area (Å²) in [5, 5.41) is 3.34. The molecule has 1 saturated heterocycles. The molecule has 5 heteroatoms. The molecule has 0 radical (unpaired) electrons. The first kappa shape index (κ1) is 14.8. The third-order valence-electron chi connectivity index (χ3n) is 4.26. The molecule has 5 nitrogen and oxygen atoms in total. The molecular weight excluding hydrogens is 240 g/mol. The van der Waals surface area contributed by atoms with Crippen LogP contribution in [0.3, 0.4) is 0 Å². The van der Waals surface area contributed by atoms with Gasteiger partial charge in [0.05, 0.1) is 6.04 Å². The van der Waals surface area contributed by atoms with Crippen LogP contribution in [0, 0.1) is 5.92 Å². The first-order valence-electron chi connectivity index (χ1n) is 7.47. The molecule has 0 aromatic heterocycles. The number of piperidine rings is 1. The zero-order chi connectivity index (χ0) is 13.8. The van der Waals surface area contributed by atoms with Crippen molar-refractivity contribution in [2.24, 2.45) is 11.7 Å². The van der Waals surface area contributed by atoms with E-state index in [1.807, 2.05) is 0 Å². The van der Waals surface area contributed by atoms with Crippen LogP contribution in [-0.4, -0.2) is 68.1 Å². The minimum absolute atomic E-state index is 0.191. The Labute approximate surface area is 116 Å². The van der Waals surface area contributed by atoms with E-state index in [9.17, 15) is 4.79 Å². The van der Waals surface area contributed by atoms with Crippen molar-refractivity contribution in [1.82, 2.24) is 15.1 Å².